The van der Waals surface area contributed by atoms with E-state index < -0.39 is 0 Å². The van der Waals surface area contributed by atoms with Crippen molar-refractivity contribution in [1.29, 1.82) is 0 Å². The molecule has 2 heterocycles. The molecule has 2 aromatic heterocycles. The molecule has 0 bridgehead atoms. The summed E-state index contributed by atoms with van der Waals surface area (Å²) in [5.41, 5.74) is 0.664. The first-order valence-corrected chi connectivity index (χ1v) is 8.69. The van der Waals surface area contributed by atoms with Gasteiger partial charge in [-0.1, -0.05) is 49.3 Å². The molecule has 3 rings (SSSR count). The lowest BCUT2D eigenvalue weighted by Gasteiger charge is -2.11. The van der Waals surface area contributed by atoms with Gasteiger partial charge >= 0.3 is 0 Å². The molecule has 0 aliphatic carbocycles. The van der Waals surface area contributed by atoms with Crippen LogP contribution in [0.5, 0.6) is 0 Å². The van der Waals surface area contributed by atoms with Crippen molar-refractivity contribution in [2.24, 2.45) is 0 Å². The van der Waals surface area contributed by atoms with Crippen LogP contribution in [0.4, 0.5) is 0 Å². The van der Waals surface area contributed by atoms with Crippen LogP contribution >= 0.6 is 23.4 Å². The Morgan fingerprint density at radius 1 is 1.12 bits per heavy atom. The zero-order valence-corrected chi connectivity index (χ0v) is 15.4. The predicted molar refractivity (Wildman–Crippen MR) is 92.0 cm³/mol. The summed E-state index contributed by atoms with van der Waals surface area (Å²) in [4.78, 5) is 4.45. The van der Waals surface area contributed by atoms with E-state index in [1.165, 1.54) is 11.8 Å². The maximum Gasteiger partial charge on any atom is 0.277 e. The van der Waals surface area contributed by atoms with Crippen molar-refractivity contribution in [3.05, 3.63) is 41.0 Å². The summed E-state index contributed by atoms with van der Waals surface area (Å²) in [5.74, 6) is 1.66. The minimum atomic E-state index is -0.154. The molecule has 1 atom stereocenters. The molecular formula is C16H17ClN4O2S. The molecule has 0 saturated carbocycles. The summed E-state index contributed by atoms with van der Waals surface area (Å²) in [6.45, 7) is 8.07. The molecule has 126 valence electrons. The molecular weight excluding hydrogens is 348 g/mol. The number of thioether (sulfide) groups is 1. The maximum atomic E-state index is 5.88. The molecule has 0 fully saturated rings. The van der Waals surface area contributed by atoms with Crippen LogP contribution in [-0.2, 0) is 5.41 Å². The molecule has 8 heteroatoms. The Kier molecular flexibility index (Phi) is 4.64. The zero-order chi connectivity index (χ0) is 17.3. The quantitative estimate of drug-likeness (QED) is 0.607. The van der Waals surface area contributed by atoms with Gasteiger partial charge in [-0.3, -0.25) is 0 Å². The Labute approximate surface area is 149 Å². The third-order valence-corrected chi connectivity index (χ3v) is 4.41. The van der Waals surface area contributed by atoms with E-state index in [0.29, 0.717) is 27.9 Å². The first-order valence-electron chi connectivity index (χ1n) is 7.43. The molecule has 0 amide bonds. The van der Waals surface area contributed by atoms with E-state index >= 15 is 0 Å². The van der Waals surface area contributed by atoms with Crippen LogP contribution in [0, 0.1) is 0 Å². The molecule has 1 aromatic carbocycles. The average molecular weight is 365 g/mol. The number of hydrogen-bond acceptors (Lipinski definition) is 7. The second-order valence-electron chi connectivity index (χ2n) is 6.35. The zero-order valence-electron chi connectivity index (χ0n) is 13.8. The van der Waals surface area contributed by atoms with Crippen LogP contribution in [0.3, 0.4) is 0 Å². The maximum absolute atomic E-state index is 5.88. The first-order chi connectivity index (χ1) is 11.3. The van der Waals surface area contributed by atoms with Crippen LogP contribution < -0.4 is 0 Å². The fourth-order valence-corrected chi connectivity index (χ4v) is 2.71. The summed E-state index contributed by atoms with van der Waals surface area (Å²) >= 11 is 7.26. The van der Waals surface area contributed by atoms with Gasteiger partial charge in [-0.15, -0.1) is 10.2 Å². The van der Waals surface area contributed by atoms with Gasteiger partial charge in [0.2, 0.25) is 11.8 Å². The van der Waals surface area contributed by atoms with E-state index in [-0.39, 0.29) is 10.7 Å². The highest BCUT2D eigenvalue weighted by molar-refractivity contribution is 7.99. The van der Waals surface area contributed by atoms with Crippen molar-refractivity contribution in [3.63, 3.8) is 0 Å². The topological polar surface area (TPSA) is 77.8 Å². The van der Waals surface area contributed by atoms with Gasteiger partial charge in [0.25, 0.3) is 5.22 Å². The van der Waals surface area contributed by atoms with Crippen LogP contribution in [0.15, 0.2) is 38.4 Å². The Morgan fingerprint density at radius 2 is 1.83 bits per heavy atom. The Balaban J connectivity index is 1.72. The van der Waals surface area contributed by atoms with Gasteiger partial charge in [0.05, 0.1) is 5.25 Å². The van der Waals surface area contributed by atoms with Gasteiger partial charge in [-0.2, -0.15) is 4.98 Å². The fraction of sp³-hybridized carbons (Fsp3) is 0.375. The molecule has 6 nitrogen and oxygen atoms in total. The minimum absolute atomic E-state index is 0.0906. The molecule has 24 heavy (non-hydrogen) atoms. The second kappa shape index (κ2) is 6.57. The lowest BCUT2D eigenvalue weighted by atomic mass is 9.96. The number of nitrogens with zero attached hydrogens (tertiary/aromatic N) is 4. The number of aromatic nitrogens is 4. The average Bonchev–Trinajstić information content (AvgIpc) is 3.16. The normalized spacial score (nSPS) is 13.2. The summed E-state index contributed by atoms with van der Waals surface area (Å²) in [7, 11) is 0. The predicted octanol–water partition coefficient (Wildman–Crippen LogP) is 4.92. The Hall–Kier alpha value is -1.86. The number of benzene rings is 1. The summed E-state index contributed by atoms with van der Waals surface area (Å²) < 4.78 is 11.0. The molecule has 0 aliphatic heterocycles. The van der Waals surface area contributed by atoms with Crippen molar-refractivity contribution in [3.8, 4) is 11.5 Å². The summed E-state index contributed by atoms with van der Waals surface area (Å²) in [6.07, 6.45) is 0. The van der Waals surface area contributed by atoms with Gasteiger partial charge in [0, 0.05) is 16.0 Å². The molecule has 0 spiro atoms. The number of hydrogen-bond donors (Lipinski definition) is 0. The van der Waals surface area contributed by atoms with Crippen LogP contribution in [0.2, 0.25) is 5.02 Å². The van der Waals surface area contributed by atoms with E-state index in [1.54, 1.807) is 12.1 Å². The Bertz CT molecular complexity index is 823. The second-order valence-corrected chi connectivity index (χ2v) is 8.07. The van der Waals surface area contributed by atoms with Crippen molar-refractivity contribution < 1.29 is 8.94 Å². The van der Waals surface area contributed by atoms with Crippen molar-refractivity contribution in [2.45, 2.75) is 43.6 Å². The first kappa shape index (κ1) is 17.0. The molecule has 0 aliphatic rings. The highest BCUT2D eigenvalue weighted by Crippen LogP contribution is 2.35. The van der Waals surface area contributed by atoms with E-state index in [4.69, 9.17) is 20.5 Å². The third kappa shape index (κ3) is 3.79. The molecule has 3 aromatic rings. The largest absolute Gasteiger partial charge is 0.411 e. The lowest BCUT2D eigenvalue weighted by Crippen LogP contribution is -2.13. The van der Waals surface area contributed by atoms with Gasteiger partial charge in [0.1, 0.15) is 0 Å². The summed E-state index contributed by atoms with van der Waals surface area (Å²) in [5, 5.41) is 13.2. The number of halogens is 1. The van der Waals surface area contributed by atoms with Gasteiger partial charge < -0.3 is 8.94 Å². The lowest BCUT2D eigenvalue weighted by molar-refractivity contribution is 0.363. The fourth-order valence-electron chi connectivity index (χ4n) is 1.87. The standard InChI is InChI=1S/C16H17ClN4O2S/c1-9(12-18-14(21-23-12)16(2,3)4)24-15-20-19-13(22-15)10-5-7-11(17)8-6-10/h5-9H,1-4H3. The SMILES string of the molecule is CC(Sc1nnc(-c2ccc(Cl)cc2)o1)c1nc(C(C)(C)C)no1. The van der Waals surface area contributed by atoms with Crippen molar-refractivity contribution in [2.75, 3.05) is 0 Å². The number of rotatable bonds is 4. The van der Waals surface area contributed by atoms with E-state index in [1.807, 2.05) is 39.8 Å². The molecule has 1 unspecified atom stereocenters. The highest BCUT2D eigenvalue weighted by Gasteiger charge is 2.24. The summed E-state index contributed by atoms with van der Waals surface area (Å²) in [6, 6.07) is 7.23. The molecule has 0 saturated heterocycles. The monoisotopic (exact) mass is 364 g/mol. The molecule has 0 N–H and O–H groups in total. The van der Waals surface area contributed by atoms with E-state index in [9.17, 15) is 0 Å². The van der Waals surface area contributed by atoms with Crippen LogP contribution in [0.1, 0.15) is 44.7 Å². The molecule has 0 radical (unpaired) electrons. The Morgan fingerprint density at radius 3 is 2.46 bits per heavy atom. The van der Waals surface area contributed by atoms with Gasteiger partial charge in [0.15, 0.2) is 5.82 Å². The van der Waals surface area contributed by atoms with Crippen molar-refractivity contribution >= 4 is 23.4 Å². The third-order valence-electron chi connectivity index (χ3n) is 3.24. The van der Waals surface area contributed by atoms with Crippen molar-refractivity contribution in [1.82, 2.24) is 20.3 Å². The smallest absolute Gasteiger partial charge is 0.277 e. The van der Waals surface area contributed by atoms with Crippen LogP contribution in [0.25, 0.3) is 11.5 Å². The van der Waals surface area contributed by atoms with E-state index in [0.717, 1.165) is 5.56 Å². The van der Waals surface area contributed by atoms with E-state index in [2.05, 4.69) is 20.3 Å². The van der Waals surface area contributed by atoms with Crippen LogP contribution in [-0.4, -0.2) is 20.3 Å². The van der Waals surface area contributed by atoms with Gasteiger partial charge in [-0.05, 0) is 31.2 Å². The van der Waals surface area contributed by atoms with Gasteiger partial charge in [-0.25, -0.2) is 0 Å². The minimum Gasteiger partial charge on any atom is -0.411 e. The highest BCUT2D eigenvalue weighted by atomic mass is 35.5.